The monoisotopic (exact) mass is 241 g/mol. The van der Waals surface area contributed by atoms with Crippen LogP contribution in [0, 0.1) is 0 Å². The molecule has 0 aromatic carbocycles. The largest absolute Gasteiger partial charge is 0.383 e. The maximum Gasteiger partial charge on any atom is 0.138 e. The van der Waals surface area contributed by atoms with Gasteiger partial charge in [-0.15, -0.1) is 0 Å². The van der Waals surface area contributed by atoms with Gasteiger partial charge in [0.05, 0.1) is 6.61 Å². The van der Waals surface area contributed by atoms with Crippen LogP contribution in [0.2, 0.25) is 0 Å². The third-order valence-corrected chi connectivity index (χ3v) is 3.05. The number of methoxy groups -OCH3 is 2. The lowest BCUT2D eigenvalue weighted by molar-refractivity contribution is -0.00837. The number of aromatic amines is 1. The highest BCUT2D eigenvalue weighted by Crippen LogP contribution is 2.25. The van der Waals surface area contributed by atoms with Crippen molar-refractivity contribution in [2.75, 3.05) is 27.4 Å². The molecule has 5 heteroatoms. The van der Waals surface area contributed by atoms with E-state index in [9.17, 15) is 0 Å². The van der Waals surface area contributed by atoms with Gasteiger partial charge in [-0.3, -0.25) is 0 Å². The summed E-state index contributed by atoms with van der Waals surface area (Å²) in [5.41, 5.74) is 0.734. The Hall–Kier alpha value is -0.910. The van der Waals surface area contributed by atoms with Crippen molar-refractivity contribution in [2.45, 2.75) is 32.4 Å². The second-order valence-corrected chi connectivity index (χ2v) is 4.22. The number of aromatic nitrogens is 2. The first-order valence-corrected chi connectivity index (χ1v) is 5.95. The highest BCUT2D eigenvalue weighted by molar-refractivity contribution is 5.07. The molecule has 0 saturated heterocycles. The van der Waals surface area contributed by atoms with Gasteiger partial charge in [0.15, 0.2) is 0 Å². The molecular weight excluding hydrogens is 218 g/mol. The Labute approximate surface area is 103 Å². The molecule has 0 bridgehead atoms. The number of nitrogens with one attached hydrogen (secondary N) is 2. The lowest BCUT2D eigenvalue weighted by atomic mass is 10.0. The van der Waals surface area contributed by atoms with Gasteiger partial charge < -0.3 is 19.8 Å². The summed E-state index contributed by atoms with van der Waals surface area (Å²) in [6, 6.07) is 0. The first-order chi connectivity index (χ1) is 8.16. The predicted molar refractivity (Wildman–Crippen MR) is 66.8 cm³/mol. The molecule has 1 aromatic rings. The van der Waals surface area contributed by atoms with E-state index >= 15 is 0 Å². The molecule has 98 valence electrons. The van der Waals surface area contributed by atoms with Crippen LogP contribution in [-0.4, -0.2) is 37.3 Å². The highest BCUT2D eigenvalue weighted by Gasteiger charge is 2.27. The van der Waals surface area contributed by atoms with Gasteiger partial charge in [-0.1, -0.05) is 6.92 Å². The predicted octanol–water partition coefficient (Wildman–Crippen LogP) is 1.42. The molecular formula is C12H23N3O2. The molecule has 1 rings (SSSR count). The second kappa shape index (κ2) is 6.74. The Morgan fingerprint density at radius 2 is 2.24 bits per heavy atom. The SMILES string of the molecule is CCC(C)(OC)c1ncc(CNCCOC)[nH]1. The van der Waals surface area contributed by atoms with Crippen molar-refractivity contribution in [3.05, 3.63) is 17.7 Å². The molecule has 5 nitrogen and oxygen atoms in total. The third-order valence-electron chi connectivity index (χ3n) is 3.05. The zero-order valence-electron chi connectivity index (χ0n) is 11.2. The van der Waals surface area contributed by atoms with E-state index in [1.165, 1.54) is 0 Å². The van der Waals surface area contributed by atoms with Crippen LogP contribution in [0.1, 0.15) is 31.8 Å². The lowest BCUT2D eigenvalue weighted by Crippen LogP contribution is -2.25. The van der Waals surface area contributed by atoms with E-state index in [1.807, 2.05) is 13.1 Å². The summed E-state index contributed by atoms with van der Waals surface area (Å²) in [5, 5.41) is 3.27. The number of nitrogens with zero attached hydrogens (tertiary/aromatic N) is 1. The maximum atomic E-state index is 5.50. The molecule has 1 atom stereocenters. The van der Waals surface area contributed by atoms with Gasteiger partial charge in [0, 0.05) is 39.2 Å². The maximum absolute atomic E-state index is 5.50. The molecule has 0 aliphatic rings. The first-order valence-electron chi connectivity index (χ1n) is 5.95. The fourth-order valence-electron chi connectivity index (χ4n) is 1.52. The lowest BCUT2D eigenvalue weighted by Gasteiger charge is -2.23. The Bertz CT molecular complexity index is 321. The second-order valence-electron chi connectivity index (χ2n) is 4.22. The Kier molecular flexibility index (Phi) is 5.61. The number of hydrogen-bond donors (Lipinski definition) is 2. The van der Waals surface area contributed by atoms with Crippen molar-refractivity contribution in [1.82, 2.24) is 15.3 Å². The quantitative estimate of drug-likeness (QED) is 0.676. The summed E-state index contributed by atoms with van der Waals surface area (Å²) in [6.45, 7) is 6.43. The summed E-state index contributed by atoms with van der Waals surface area (Å²) in [5.74, 6) is 0.881. The molecule has 1 unspecified atom stereocenters. The van der Waals surface area contributed by atoms with E-state index in [-0.39, 0.29) is 5.60 Å². The van der Waals surface area contributed by atoms with Crippen molar-refractivity contribution in [2.24, 2.45) is 0 Å². The van der Waals surface area contributed by atoms with Crippen molar-refractivity contribution >= 4 is 0 Å². The van der Waals surface area contributed by atoms with Crippen molar-refractivity contribution in [3.8, 4) is 0 Å². The highest BCUT2D eigenvalue weighted by atomic mass is 16.5. The summed E-state index contributed by atoms with van der Waals surface area (Å²) in [4.78, 5) is 7.67. The van der Waals surface area contributed by atoms with E-state index in [4.69, 9.17) is 9.47 Å². The normalized spacial score (nSPS) is 14.8. The number of rotatable bonds is 8. The number of ether oxygens (including phenoxy) is 2. The summed E-state index contributed by atoms with van der Waals surface area (Å²) >= 11 is 0. The molecule has 0 spiro atoms. The zero-order chi connectivity index (χ0) is 12.7. The molecule has 0 fully saturated rings. The van der Waals surface area contributed by atoms with Gasteiger partial charge >= 0.3 is 0 Å². The third kappa shape index (κ3) is 3.80. The fourth-order valence-corrected chi connectivity index (χ4v) is 1.52. The van der Waals surface area contributed by atoms with E-state index in [1.54, 1.807) is 14.2 Å². The molecule has 1 aromatic heterocycles. The topological polar surface area (TPSA) is 59.2 Å². The average Bonchev–Trinajstić information content (AvgIpc) is 2.83. The van der Waals surface area contributed by atoms with Crippen LogP contribution in [0.25, 0.3) is 0 Å². The van der Waals surface area contributed by atoms with Crippen LogP contribution < -0.4 is 5.32 Å². The molecule has 2 N–H and O–H groups in total. The van der Waals surface area contributed by atoms with E-state index in [0.29, 0.717) is 6.61 Å². The van der Waals surface area contributed by atoms with Gasteiger partial charge in [-0.05, 0) is 13.3 Å². The van der Waals surface area contributed by atoms with E-state index in [0.717, 1.165) is 31.0 Å². The minimum absolute atomic E-state index is 0.329. The van der Waals surface area contributed by atoms with Crippen LogP contribution in [0.15, 0.2) is 6.20 Å². The van der Waals surface area contributed by atoms with Gasteiger partial charge in [0.1, 0.15) is 11.4 Å². The molecule has 0 saturated carbocycles. The number of hydrogen-bond acceptors (Lipinski definition) is 4. The first kappa shape index (κ1) is 14.2. The average molecular weight is 241 g/mol. The van der Waals surface area contributed by atoms with Crippen molar-refractivity contribution in [3.63, 3.8) is 0 Å². The summed E-state index contributed by atoms with van der Waals surface area (Å²) in [6.07, 6.45) is 2.73. The molecule has 0 radical (unpaired) electrons. The van der Waals surface area contributed by atoms with Gasteiger partial charge in [-0.2, -0.15) is 0 Å². The van der Waals surface area contributed by atoms with Crippen LogP contribution in [0.3, 0.4) is 0 Å². The number of H-pyrrole nitrogens is 1. The van der Waals surface area contributed by atoms with Crippen molar-refractivity contribution < 1.29 is 9.47 Å². The fraction of sp³-hybridized carbons (Fsp3) is 0.750. The molecule has 1 heterocycles. The van der Waals surface area contributed by atoms with Crippen LogP contribution >= 0.6 is 0 Å². The Morgan fingerprint density at radius 1 is 1.47 bits per heavy atom. The zero-order valence-corrected chi connectivity index (χ0v) is 11.2. The summed E-state index contributed by atoms with van der Waals surface area (Å²) < 4.78 is 10.5. The van der Waals surface area contributed by atoms with Crippen LogP contribution in [-0.2, 0) is 21.6 Å². The smallest absolute Gasteiger partial charge is 0.138 e. The molecule has 0 aliphatic carbocycles. The number of imidazole rings is 1. The van der Waals surface area contributed by atoms with Gasteiger partial charge in [-0.25, -0.2) is 4.98 Å². The minimum Gasteiger partial charge on any atom is -0.383 e. The minimum atomic E-state index is -0.329. The Morgan fingerprint density at radius 3 is 2.82 bits per heavy atom. The van der Waals surface area contributed by atoms with Crippen LogP contribution in [0.5, 0.6) is 0 Å². The summed E-state index contributed by atoms with van der Waals surface area (Å²) in [7, 11) is 3.41. The molecule has 17 heavy (non-hydrogen) atoms. The van der Waals surface area contributed by atoms with Crippen molar-refractivity contribution in [1.29, 1.82) is 0 Å². The van der Waals surface area contributed by atoms with Gasteiger partial charge in [0.25, 0.3) is 0 Å². The van der Waals surface area contributed by atoms with Crippen LogP contribution in [0.4, 0.5) is 0 Å². The van der Waals surface area contributed by atoms with E-state index in [2.05, 4.69) is 22.2 Å². The molecule has 0 aliphatic heterocycles. The Balaban J connectivity index is 2.53. The molecule has 0 amide bonds. The van der Waals surface area contributed by atoms with E-state index < -0.39 is 0 Å². The van der Waals surface area contributed by atoms with Gasteiger partial charge in [0.2, 0.25) is 0 Å². The standard InChI is InChI=1S/C12H23N3O2/c1-5-12(2,17-4)11-14-9-10(15-11)8-13-6-7-16-3/h9,13H,5-8H2,1-4H3,(H,14,15).